The van der Waals surface area contributed by atoms with E-state index < -0.39 is 29.0 Å². The van der Waals surface area contributed by atoms with Crippen LogP contribution in [0.25, 0.3) is 16.6 Å². The lowest BCUT2D eigenvalue weighted by Gasteiger charge is -2.11. The van der Waals surface area contributed by atoms with Crippen molar-refractivity contribution in [2.24, 2.45) is 0 Å². The predicted octanol–water partition coefficient (Wildman–Crippen LogP) is 4.00. The summed E-state index contributed by atoms with van der Waals surface area (Å²) in [5, 5.41) is 0.517. The van der Waals surface area contributed by atoms with Crippen molar-refractivity contribution in [3.8, 4) is 5.69 Å². The Morgan fingerprint density at radius 2 is 1.52 bits per heavy atom. The highest BCUT2D eigenvalue weighted by molar-refractivity contribution is 5.90. The van der Waals surface area contributed by atoms with Gasteiger partial charge in [-0.3, -0.25) is 4.79 Å². The second-order valence-corrected chi connectivity index (χ2v) is 4.40. The van der Waals surface area contributed by atoms with Gasteiger partial charge in [0.15, 0.2) is 29.6 Å². The molecule has 0 spiro atoms. The molecule has 0 radical (unpaired) electrons. The lowest BCUT2D eigenvalue weighted by molar-refractivity contribution is 0.111. The van der Waals surface area contributed by atoms with E-state index >= 15 is 0 Å². The molecule has 2 aromatic carbocycles. The summed E-state index contributed by atoms with van der Waals surface area (Å²) in [5.41, 5.74) is -0.794. The molecule has 106 valence electrons. The van der Waals surface area contributed by atoms with Crippen LogP contribution in [0.3, 0.4) is 0 Å². The van der Waals surface area contributed by atoms with Crippen LogP contribution in [0.5, 0.6) is 0 Å². The lowest BCUT2D eigenvalue weighted by Crippen LogP contribution is -2.08. The van der Waals surface area contributed by atoms with Gasteiger partial charge in [-0.2, -0.15) is 0 Å². The van der Waals surface area contributed by atoms with Gasteiger partial charge in [0.1, 0.15) is 5.69 Å². The zero-order chi connectivity index (χ0) is 15.1. The second kappa shape index (κ2) is 4.73. The Labute approximate surface area is 116 Å². The Hall–Kier alpha value is -2.63. The van der Waals surface area contributed by atoms with E-state index in [0.29, 0.717) is 11.7 Å². The van der Waals surface area contributed by atoms with E-state index in [1.54, 1.807) is 18.2 Å². The van der Waals surface area contributed by atoms with Gasteiger partial charge in [0.25, 0.3) is 0 Å². The van der Waals surface area contributed by atoms with Crippen LogP contribution >= 0.6 is 0 Å². The van der Waals surface area contributed by atoms with E-state index in [1.165, 1.54) is 12.1 Å². The summed E-state index contributed by atoms with van der Waals surface area (Å²) in [4.78, 5) is 11.1. The molecule has 2 nitrogen and oxygen atoms in total. The number of fused-ring (bicyclic) bond motifs is 1. The molecule has 0 aliphatic heterocycles. The maximum absolute atomic E-state index is 13.9. The van der Waals surface area contributed by atoms with Crippen LogP contribution in [-0.2, 0) is 0 Å². The molecule has 3 aromatic rings. The average Bonchev–Trinajstić information content (AvgIpc) is 2.84. The summed E-state index contributed by atoms with van der Waals surface area (Å²) in [6.07, 6.45) is 0.363. The van der Waals surface area contributed by atoms with Crippen LogP contribution in [0.4, 0.5) is 17.6 Å². The first-order chi connectivity index (χ1) is 10.0. The molecule has 3 rings (SSSR count). The molecule has 0 saturated heterocycles. The highest BCUT2D eigenvalue weighted by Crippen LogP contribution is 2.29. The third kappa shape index (κ3) is 1.91. The fourth-order valence-electron chi connectivity index (χ4n) is 2.27. The number of hydrogen-bond acceptors (Lipinski definition) is 1. The fraction of sp³-hybridized carbons (Fsp3) is 0. The van der Waals surface area contributed by atoms with Crippen molar-refractivity contribution in [2.45, 2.75) is 0 Å². The van der Waals surface area contributed by atoms with Crippen molar-refractivity contribution >= 4 is 17.2 Å². The maximum Gasteiger partial charge on any atom is 0.186 e. The van der Waals surface area contributed by atoms with Crippen LogP contribution in [0, 0.1) is 23.3 Å². The molecular weight excluding hydrogens is 286 g/mol. The minimum absolute atomic E-state index is 0.112. The minimum Gasteiger partial charge on any atom is -0.301 e. The first-order valence-corrected chi connectivity index (χ1v) is 5.93. The van der Waals surface area contributed by atoms with Crippen molar-refractivity contribution < 1.29 is 22.4 Å². The van der Waals surface area contributed by atoms with E-state index in [1.807, 2.05) is 0 Å². The summed E-state index contributed by atoms with van der Waals surface area (Å²) in [7, 11) is 0. The van der Waals surface area contributed by atoms with E-state index in [4.69, 9.17) is 0 Å². The van der Waals surface area contributed by atoms with Crippen molar-refractivity contribution in [3.05, 3.63) is 65.4 Å². The molecule has 0 N–H and O–H groups in total. The van der Waals surface area contributed by atoms with E-state index in [2.05, 4.69) is 0 Å². The summed E-state index contributed by atoms with van der Waals surface area (Å²) in [6, 6.07) is 7.86. The minimum atomic E-state index is -1.56. The summed E-state index contributed by atoms with van der Waals surface area (Å²) < 4.78 is 55.5. The Bertz CT molecular complexity index is 843. The van der Waals surface area contributed by atoms with Crippen LogP contribution in [-0.4, -0.2) is 10.9 Å². The average molecular weight is 293 g/mol. The highest BCUT2D eigenvalue weighted by Gasteiger charge is 2.23. The van der Waals surface area contributed by atoms with E-state index in [9.17, 15) is 22.4 Å². The highest BCUT2D eigenvalue weighted by atomic mass is 19.2. The summed E-state index contributed by atoms with van der Waals surface area (Å²) >= 11 is 0. The maximum atomic E-state index is 13.9. The Balaban J connectivity index is 2.49. The first-order valence-electron chi connectivity index (χ1n) is 5.93. The van der Waals surface area contributed by atoms with Crippen LogP contribution in [0.15, 0.2) is 36.4 Å². The first kappa shape index (κ1) is 13.4. The largest absolute Gasteiger partial charge is 0.301 e. The molecule has 21 heavy (non-hydrogen) atoms. The van der Waals surface area contributed by atoms with Gasteiger partial charge in [0.2, 0.25) is 0 Å². The third-order valence-electron chi connectivity index (χ3n) is 3.17. The van der Waals surface area contributed by atoms with Crippen LogP contribution in [0.1, 0.15) is 10.5 Å². The van der Waals surface area contributed by atoms with Crippen molar-refractivity contribution in [1.82, 2.24) is 4.57 Å². The molecule has 0 bridgehead atoms. The van der Waals surface area contributed by atoms with Gasteiger partial charge in [-0.15, -0.1) is 0 Å². The van der Waals surface area contributed by atoms with Gasteiger partial charge in [0, 0.05) is 11.5 Å². The monoisotopic (exact) mass is 293 g/mol. The van der Waals surface area contributed by atoms with Gasteiger partial charge < -0.3 is 4.57 Å². The second-order valence-electron chi connectivity index (χ2n) is 4.40. The Morgan fingerprint density at radius 3 is 2.14 bits per heavy atom. The van der Waals surface area contributed by atoms with E-state index in [-0.39, 0.29) is 17.3 Å². The number of para-hydroxylation sites is 1. The van der Waals surface area contributed by atoms with Gasteiger partial charge in [0.05, 0.1) is 11.2 Å². The smallest absolute Gasteiger partial charge is 0.186 e. The standard InChI is InChI=1S/C15H7F4NO/c16-10-6-11(17)14(19)15(13(10)18)20-9(7-21)5-8-3-1-2-4-12(8)20/h1-7H. The normalized spacial score (nSPS) is 11.0. The van der Waals surface area contributed by atoms with Gasteiger partial charge in [-0.05, 0) is 12.1 Å². The zero-order valence-corrected chi connectivity index (χ0v) is 10.4. The topological polar surface area (TPSA) is 22.0 Å². The zero-order valence-electron chi connectivity index (χ0n) is 10.4. The van der Waals surface area contributed by atoms with Gasteiger partial charge in [-0.25, -0.2) is 17.6 Å². The molecule has 0 aliphatic carbocycles. The lowest BCUT2D eigenvalue weighted by atomic mass is 10.2. The summed E-state index contributed by atoms with van der Waals surface area (Å²) in [5.74, 6) is -6.17. The number of rotatable bonds is 2. The molecule has 0 amide bonds. The predicted molar refractivity (Wildman–Crippen MR) is 68.5 cm³/mol. The number of nitrogens with zero attached hydrogens (tertiary/aromatic N) is 1. The third-order valence-corrected chi connectivity index (χ3v) is 3.17. The fourth-order valence-corrected chi connectivity index (χ4v) is 2.27. The Kier molecular flexibility index (Phi) is 3.01. The number of halogens is 4. The molecule has 0 unspecified atom stereocenters. The molecule has 1 aromatic heterocycles. The number of aromatic nitrogens is 1. The van der Waals surface area contributed by atoms with Crippen molar-refractivity contribution in [2.75, 3.05) is 0 Å². The number of aldehydes is 1. The number of benzene rings is 2. The molecule has 0 aliphatic rings. The molecule has 0 atom stereocenters. The molecule has 1 heterocycles. The van der Waals surface area contributed by atoms with Crippen LogP contribution < -0.4 is 0 Å². The SMILES string of the molecule is O=Cc1cc2ccccc2n1-c1c(F)c(F)cc(F)c1F. The van der Waals surface area contributed by atoms with Crippen LogP contribution in [0.2, 0.25) is 0 Å². The van der Waals surface area contributed by atoms with E-state index in [0.717, 1.165) is 4.57 Å². The quantitative estimate of drug-likeness (QED) is 0.398. The van der Waals surface area contributed by atoms with Crippen molar-refractivity contribution in [1.29, 1.82) is 0 Å². The Morgan fingerprint density at radius 1 is 0.905 bits per heavy atom. The van der Waals surface area contributed by atoms with Gasteiger partial charge >= 0.3 is 0 Å². The van der Waals surface area contributed by atoms with Gasteiger partial charge in [-0.1, -0.05) is 18.2 Å². The van der Waals surface area contributed by atoms with Crippen molar-refractivity contribution in [3.63, 3.8) is 0 Å². The molecule has 0 fully saturated rings. The molecule has 6 heteroatoms. The molecular formula is C15H7F4NO. The number of hydrogen-bond donors (Lipinski definition) is 0. The number of carbonyl (C=O) groups is 1. The molecule has 0 saturated carbocycles. The summed E-state index contributed by atoms with van der Waals surface area (Å²) in [6.45, 7) is 0. The number of carbonyl (C=O) groups excluding carboxylic acids is 1.